The molecule has 1 aliphatic rings. The summed E-state index contributed by atoms with van der Waals surface area (Å²) in [6, 6.07) is 3.77. The van der Waals surface area contributed by atoms with E-state index in [-0.39, 0.29) is 11.5 Å². The van der Waals surface area contributed by atoms with Gasteiger partial charge in [-0.15, -0.1) is 0 Å². The van der Waals surface area contributed by atoms with Gasteiger partial charge in [0.2, 0.25) is 0 Å². The summed E-state index contributed by atoms with van der Waals surface area (Å²) >= 11 is 0. The van der Waals surface area contributed by atoms with Gasteiger partial charge in [0.25, 0.3) is 0 Å². The molecule has 1 aromatic carbocycles. The second-order valence-corrected chi connectivity index (χ2v) is 5.01. The summed E-state index contributed by atoms with van der Waals surface area (Å²) in [5.74, 6) is -1.62. The fourth-order valence-corrected chi connectivity index (χ4v) is 2.60. The van der Waals surface area contributed by atoms with Crippen LogP contribution in [0.5, 0.6) is 0 Å². The van der Waals surface area contributed by atoms with Crippen molar-refractivity contribution in [3.8, 4) is 0 Å². The van der Waals surface area contributed by atoms with E-state index in [9.17, 15) is 8.78 Å². The standard InChI is InChI=1S/C13H17F2N/c1-13(6-2-3-7-13)12(16)9-4-5-10(14)11(15)8-9/h4-5,8,12H,2-3,6-7,16H2,1H3. The van der Waals surface area contributed by atoms with Crippen molar-refractivity contribution < 1.29 is 8.78 Å². The third-order valence-electron chi connectivity index (χ3n) is 3.80. The molecule has 1 aromatic rings. The Kier molecular flexibility index (Phi) is 2.98. The van der Waals surface area contributed by atoms with Crippen molar-refractivity contribution in [1.82, 2.24) is 0 Å². The summed E-state index contributed by atoms with van der Waals surface area (Å²) in [6.45, 7) is 2.13. The molecule has 0 aliphatic heterocycles. The van der Waals surface area contributed by atoms with Gasteiger partial charge in [-0.3, -0.25) is 0 Å². The van der Waals surface area contributed by atoms with Gasteiger partial charge in [-0.25, -0.2) is 8.78 Å². The molecule has 2 N–H and O–H groups in total. The Hall–Kier alpha value is -0.960. The van der Waals surface area contributed by atoms with E-state index in [1.807, 2.05) is 0 Å². The minimum Gasteiger partial charge on any atom is -0.323 e. The van der Waals surface area contributed by atoms with Gasteiger partial charge in [-0.05, 0) is 36.0 Å². The molecular weight excluding hydrogens is 208 g/mol. The van der Waals surface area contributed by atoms with Crippen molar-refractivity contribution in [1.29, 1.82) is 0 Å². The fraction of sp³-hybridized carbons (Fsp3) is 0.538. The zero-order valence-corrected chi connectivity index (χ0v) is 9.47. The summed E-state index contributed by atoms with van der Waals surface area (Å²) < 4.78 is 25.9. The van der Waals surface area contributed by atoms with Gasteiger partial charge < -0.3 is 5.73 Å². The molecule has 0 saturated heterocycles. The van der Waals surface area contributed by atoms with Crippen LogP contribution >= 0.6 is 0 Å². The number of rotatable bonds is 2. The first-order valence-corrected chi connectivity index (χ1v) is 5.73. The van der Waals surface area contributed by atoms with Gasteiger partial charge in [-0.2, -0.15) is 0 Å². The first-order valence-electron chi connectivity index (χ1n) is 5.73. The topological polar surface area (TPSA) is 26.0 Å². The van der Waals surface area contributed by atoms with Gasteiger partial charge in [-0.1, -0.05) is 25.8 Å². The minimum absolute atomic E-state index is 0.0320. The van der Waals surface area contributed by atoms with Crippen LogP contribution in [0.4, 0.5) is 8.78 Å². The van der Waals surface area contributed by atoms with Crippen LogP contribution in [0.1, 0.15) is 44.2 Å². The maximum Gasteiger partial charge on any atom is 0.159 e. The molecule has 0 amide bonds. The Morgan fingerprint density at radius 2 is 1.81 bits per heavy atom. The lowest BCUT2D eigenvalue weighted by atomic mass is 9.78. The molecule has 0 bridgehead atoms. The van der Waals surface area contributed by atoms with E-state index in [2.05, 4.69) is 6.92 Å². The smallest absolute Gasteiger partial charge is 0.159 e. The molecule has 1 nitrogen and oxygen atoms in total. The molecule has 0 heterocycles. The molecule has 2 rings (SSSR count). The van der Waals surface area contributed by atoms with Gasteiger partial charge in [0.15, 0.2) is 11.6 Å². The van der Waals surface area contributed by atoms with Gasteiger partial charge in [0.1, 0.15) is 0 Å². The van der Waals surface area contributed by atoms with Crippen LogP contribution < -0.4 is 5.73 Å². The lowest BCUT2D eigenvalue weighted by Gasteiger charge is -2.31. The summed E-state index contributed by atoms with van der Waals surface area (Å²) in [5.41, 5.74) is 6.89. The lowest BCUT2D eigenvalue weighted by Crippen LogP contribution is -2.29. The Morgan fingerprint density at radius 3 is 2.38 bits per heavy atom. The molecule has 88 valence electrons. The largest absolute Gasteiger partial charge is 0.323 e. The van der Waals surface area contributed by atoms with Crippen LogP contribution in [0.25, 0.3) is 0 Å². The number of benzene rings is 1. The van der Waals surface area contributed by atoms with E-state index in [1.165, 1.54) is 18.9 Å². The van der Waals surface area contributed by atoms with E-state index in [0.717, 1.165) is 18.9 Å². The molecular formula is C13H17F2N. The predicted octanol–water partition coefficient (Wildman–Crippen LogP) is 3.54. The number of halogens is 2. The average molecular weight is 225 g/mol. The molecule has 3 heteroatoms. The van der Waals surface area contributed by atoms with Crippen molar-refractivity contribution >= 4 is 0 Å². The Bertz CT molecular complexity index is 384. The van der Waals surface area contributed by atoms with Crippen LogP contribution in [0.3, 0.4) is 0 Å². The van der Waals surface area contributed by atoms with Crippen molar-refractivity contribution in [2.24, 2.45) is 11.1 Å². The number of nitrogens with two attached hydrogens (primary N) is 1. The summed E-state index contributed by atoms with van der Waals surface area (Å²) in [4.78, 5) is 0. The fourth-order valence-electron chi connectivity index (χ4n) is 2.60. The Labute approximate surface area is 94.7 Å². The third kappa shape index (κ3) is 1.96. The number of hydrogen-bond acceptors (Lipinski definition) is 1. The molecule has 1 atom stereocenters. The maximum absolute atomic E-state index is 13.1. The quantitative estimate of drug-likeness (QED) is 0.818. The Morgan fingerprint density at radius 1 is 1.19 bits per heavy atom. The maximum atomic E-state index is 13.1. The van der Waals surface area contributed by atoms with Crippen molar-refractivity contribution in [3.63, 3.8) is 0 Å². The van der Waals surface area contributed by atoms with Crippen LogP contribution in [0.2, 0.25) is 0 Å². The van der Waals surface area contributed by atoms with E-state index >= 15 is 0 Å². The second-order valence-electron chi connectivity index (χ2n) is 5.01. The first kappa shape index (κ1) is 11.5. The number of hydrogen-bond donors (Lipinski definition) is 1. The average Bonchev–Trinajstić information content (AvgIpc) is 2.70. The van der Waals surface area contributed by atoms with E-state index in [4.69, 9.17) is 5.73 Å². The van der Waals surface area contributed by atoms with Crippen LogP contribution in [-0.4, -0.2) is 0 Å². The normalized spacial score (nSPS) is 21.0. The van der Waals surface area contributed by atoms with Crippen molar-refractivity contribution in [2.75, 3.05) is 0 Å². The molecule has 0 spiro atoms. The highest BCUT2D eigenvalue weighted by Gasteiger charge is 2.35. The van der Waals surface area contributed by atoms with Crippen LogP contribution in [-0.2, 0) is 0 Å². The SMILES string of the molecule is CC1(C(N)c2ccc(F)c(F)c2)CCCC1. The molecule has 1 saturated carbocycles. The van der Waals surface area contributed by atoms with Crippen molar-refractivity contribution in [2.45, 2.75) is 38.6 Å². The molecule has 1 unspecified atom stereocenters. The van der Waals surface area contributed by atoms with Crippen LogP contribution in [0, 0.1) is 17.0 Å². The summed E-state index contributed by atoms with van der Waals surface area (Å²) in [6.07, 6.45) is 4.47. The van der Waals surface area contributed by atoms with E-state index < -0.39 is 11.6 Å². The molecule has 1 aliphatic carbocycles. The predicted molar refractivity (Wildman–Crippen MR) is 59.9 cm³/mol. The third-order valence-corrected chi connectivity index (χ3v) is 3.80. The van der Waals surface area contributed by atoms with E-state index in [0.29, 0.717) is 5.56 Å². The molecule has 16 heavy (non-hydrogen) atoms. The molecule has 0 aromatic heterocycles. The van der Waals surface area contributed by atoms with Gasteiger partial charge >= 0.3 is 0 Å². The van der Waals surface area contributed by atoms with Gasteiger partial charge in [0.05, 0.1) is 0 Å². The highest BCUT2D eigenvalue weighted by Crippen LogP contribution is 2.45. The van der Waals surface area contributed by atoms with E-state index in [1.54, 1.807) is 6.07 Å². The van der Waals surface area contributed by atoms with Crippen molar-refractivity contribution in [3.05, 3.63) is 35.4 Å². The minimum atomic E-state index is -0.812. The zero-order chi connectivity index (χ0) is 11.8. The van der Waals surface area contributed by atoms with Crippen LogP contribution in [0.15, 0.2) is 18.2 Å². The molecule has 1 fully saturated rings. The molecule has 0 radical (unpaired) electrons. The highest BCUT2D eigenvalue weighted by molar-refractivity contribution is 5.23. The summed E-state index contributed by atoms with van der Waals surface area (Å²) in [7, 11) is 0. The van der Waals surface area contributed by atoms with Gasteiger partial charge in [0, 0.05) is 6.04 Å². The zero-order valence-electron chi connectivity index (χ0n) is 9.47. The highest BCUT2D eigenvalue weighted by atomic mass is 19.2. The second kappa shape index (κ2) is 4.13. The first-order chi connectivity index (χ1) is 7.53. The Balaban J connectivity index is 2.26. The lowest BCUT2D eigenvalue weighted by molar-refractivity contribution is 0.264. The monoisotopic (exact) mass is 225 g/mol. The summed E-state index contributed by atoms with van der Waals surface area (Å²) in [5, 5.41) is 0.